The summed E-state index contributed by atoms with van der Waals surface area (Å²) in [6, 6.07) is 13.0. The van der Waals surface area contributed by atoms with Crippen LogP contribution < -0.4 is 11.2 Å². The Bertz CT molecular complexity index is 998. The Balaban J connectivity index is 1.76. The van der Waals surface area contributed by atoms with Gasteiger partial charge in [-0.2, -0.15) is 9.41 Å². The lowest BCUT2D eigenvalue weighted by molar-refractivity contribution is 0.0730. The third-order valence-corrected chi connectivity index (χ3v) is 6.23. The number of morpholine rings is 1. The number of nitrogens with two attached hydrogens (primary N) is 1. The van der Waals surface area contributed by atoms with Crippen molar-refractivity contribution in [1.82, 2.24) is 9.73 Å². The molecule has 9 heteroatoms. The van der Waals surface area contributed by atoms with E-state index >= 15 is 0 Å². The molecule has 1 saturated heterocycles. The first-order chi connectivity index (χ1) is 13.4. The molecule has 0 atom stereocenters. The standard InChI is InChI=1S/C19H22N4O4S/c1-14(15-4-2-6-17(20)12-15)21-22-19(24)16-5-3-7-18(13-16)28(25,26)23-8-10-27-11-9-23/h2-7,12-13H,8-11,20H2,1H3,(H,22,24)/b21-14-. The summed E-state index contributed by atoms with van der Waals surface area (Å²) in [5.41, 5.74) is 10.4. The molecule has 3 N–H and O–H groups in total. The fraction of sp³-hybridized carbons (Fsp3) is 0.263. The Kier molecular flexibility index (Phi) is 6.08. The summed E-state index contributed by atoms with van der Waals surface area (Å²) in [5.74, 6) is -0.498. The molecule has 0 radical (unpaired) electrons. The van der Waals surface area contributed by atoms with Crippen molar-refractivity contribution >= 4 is 27.3 Å². The molecular weight excluding hydrogens is 380 g/mol. The molecule has 0 bridgehead atoms. The molecule has 8 nitrogen and oxygen atoms in total. The summed E-state index contributed by atoms with van der Waals surface area (Å²) >= 11 is 0. The summed E-state index contributed by atoms with van der Waals surface area (Å²) in [5, 5.41) is 4.08. The number of hydrogen-bond acceptors (Lipinski definition) is 6. The minimum atomic E-state index is -3.67. The fourth-order valence-corrected chi connectivity index (χ4v) is 4.22. The number of ether oxygens (including phenoxy) is 1. The van der Waals surface area contributed by atoms with E-state index in [-0.39, 0.29) is 10.5 Å². The molecule has 0 unspecified atom stereocenters. The van der Waals surface area contributed by atoms with Gasteiger partial charge in [-0.05, 0) is 42.8 Å². The maximum Gasteiger partial charge on any atom is 0.271 e. The third kappa shape index (κ3) is 4.56. The number of nitrogens with zero attached hydrogens (tertiary/aromatic N) is 2. The van der Waals surface area contributed by atoms with E-state index in [1.165, 1.54) is 22.5 Å². The van der Waals surface area contributed by atoms with Crippen LogP contribution >= 0.6 is 0 Å². The second-order valence-corrected chi connectivity index (χ2v) is 8.25. The van der Waals surface area contributed by atoms with E-state index in [4.69, 9.17) is 10.5 Å². The Morgan fingerprint density at radius 3 is 2.50 bits per heavy atom. The summed E-state index contributed by atoms with van der Waals surface area (Å²) in [6.07, 6.45) is 0. The van der Waals surface area contributed by atoms with Crippen LogP contribution in [0.3, 0.4) is 0 Å². The van der Waals surface area contributed by atoms with E-state index in [0.29, 0.717) is 37.7 Å². The van der Waals surface area contributed by atoms with Gasteiger partial charge in [-0.25, -0.2) is 13.8 Å². The zero-order valence-electron chi connectivity index (χ0n) is 15.5. The highest BCUT2D eigenvalue weighted by atomic mass is 32.2. The highest BCUT2D eigenvalue weighted by Gasteiger charge is 2.26. The lowest BCUT2D eigenvalue weighted by Gasteiger charge is -2.26. The minimum Gasteiger partial charge on any atom is -0.399 e. The first-order valence-electron chi connectivity index (χ1n) is 8.76. The van der Waals surface area contributed by atoms with Crippen LogP contribution in [0.5, 0.6) is 0 Å². The Morgan fingerprint density at radius 1 is 1.11 bits per heavy atom. The minimum absolute atomic E-state index is 0.0681. The van der Waals surface area contributed by atoms with Crippen LogP contribution in [-0.2, 0) is 14.8 Å². The molecule has 0 saturated carbocycles. The summed E-state index contributed by atoms with van der Waals surface area (Å²) < 4.78 is 32.0. The molecule has 148 valence electrons. The van der Waals surface area contributed by atoms with Crippen molar-refractivity contribution in [3.05, 3.63) is 59.7 Å². The lowest BCUT2D eigenvalue weighted by atomic mass is 10.1. The van der Waals surface area contributed by atoms with Gasteiger partial charge in [0.1, 0.15) is 0 Å². The van der Waals surface area contributed by atoms with E-state index < -0.39 is 15.9 Å². The molecule has 1 aliphatic rings. The third-order valence-electron chi connectivity index (χ3n) is 4.33. The van der Waals surface area contributed by atoms with E-state index in [9.17, 15) is 13.2 Å². The smallest absolute Gasteiger partial charge is 0.271 e. The highest BCUT2D eigenvalue weighted by Crippen LogP contribution is 2.18. The topological polar surface area (TPSA) is 114 Å². The number of amides is 1. The number of nitrogen functional groups attached to an aromatic ring is 1. The fourth-order valence-electron chi connectivity index (χ4n) is 2.76. The molecule has 1 aliphatic heterocycles. The molecular formula is C19H22N4O4S. The van der Waals surface area contributed by atoms with Gasteiger partial charge >= 0.3 is 0 Å². The number of hydrogen-bond donors (Lipinski definition) is 2. The Morgan fingerprint density at radius 2 is 1.79 bits per heavy atom. The van der Waals surface area contributed by atoms with Crippen LogP contribution in [-0.4, -0.2) is 50.6 Å². The van der Waals surface area contributed by atoms with Crippen molar-refractivity contribution in [2.45, 2.75) is 11.8 Å². The predicted molar refractivity (Wildman–Crippen MR) is 107 cm³/mol. The molecule has 2 aromatic carbocycles. The number of anilines is 1. The van der Waals surface area contributed by atoms with Gasteiger partial charge < -0.3 is 10.5 Å². The quantitative estimate of drug-likeness (QED) is 0.446. The maximum absolute atomic E-state index is 12.7. The monoisotopic (exact) mass is 402 g/mol. The highest BCUT2D eigenvalue weighted by molar-refractivity contribution is 7.89. The van der Waals surface area contributed by atoms with Gasteiger partial charge in [0.2, 0.25) is 10.0 Å². The first-order valence-corrected chi connectivity index (χ1v) is 10.2. The van der Waals surface area contributed by atoms with Gasteiger partial charge in [0.05, 0.1) is 23.8 Å². The average molecular weight is 402 g/mol. The number of hydrazone groups is 1. The van der Waals surface area contributed by atoms with E-state index in [1.807, 2.05) is 6.07 Å². The molecule has 28 heavy (non-hydrogen) atoms. The van der Waals surface area contributed by atoms with Crippen LogP contribution in [0.1, 0.15) is 22.8 Å². The predicted octanol–water partition coefficient (Wildman–Crippen LogP) is 1.44. The van der Waals surface area contributed by atoms with Gasteiger partial charge in [-0.1, -0.05) is 18.2 Å². The van der Waals surface area contributed by atoms with Gasteiger partial charge in [0.25, 0.3) is 5.91 Å². The first kappa shape index (κ1) is 20.0. The molecule has 2 aromatic rings. The number of benzene rings is 2. The normalized spacial score (nSPS) is 16.0. The SMILES string of the molecule is C/C(=N/NC(=O)c1cccc(S(=O)(=O)N2CCOCC2)c1)c1cccc(N)c1. The van der Waals surface area contributed by atoms with Crippen molar-refractivity contribution in [2.24, 2.45) is 5.10 Å². The van der Waals surface area contributed by atoms with E-state index in [1.54, 1.807) is 31.2 Å². The van der Waals surface area contributed by atoms with Crippen LogP contribution in [0.15, 0.2) is 58.5 Å². The molecule has 1 fully saturated rings. The van der Waals surface area contributed by atoms with Gasteiger partial charge in [0, 0.05) is 24.3 Å². The summed E-state index contributed by atoms with van der Waals surface area (Å²) in [6.45, 7) is 3.05. The van der Waals surface area contributed by atoms with Gasteiger partial charge in [-0.3, -0.25) is 4.79 Å². The zero-order chi connectivity index (χ0) is 20.1. The summed E-state index contributed by atoms with van der Waals surface area (Å²) in [7, 11) is -3.67. The van der Waals surface area contributed by atoms with Crippen molar-refractivity contribution < 1.29 is 17.9 Å². The number of sulfonamides is 1. The molecule has 0 aromatic heterocycles. The molecule has 3 rings (SSSR count). The van der Waals surface area contributed by atoms with Crippen molar-refractivity contribution in [3.8, 4) is 0 Å². The van der Waals surface area contributed by atoms with Crippen molar-refractivity contribution in [3.63, 3.8) is 0 Å². The maximum atomic E-state index is 12.7. The van der Waals surface area contributed by atoms with Crippen LogP contribution in [0.25, 0.3) is 0 Å². The van der Waals surface area contributed by atoms with Crippen molar-refractivity contribution in [2.75, 3.05) is 32.0 Å². The molecule has 0 aliphatic carbocycles. The average Bonchev–Trinajstić information content (AvgIpc) is 2.72. The van der Waals surface area contributed by atoms with Crippen LogP contribution in [0, 0.1) is 0 Å². The number of carbonyl (C=O) groups is 1. The largest absolute Gasteiger partial charge is 0.399 e. The van der Waals surface area contributed by atoms with Crippen LogP contribution in [0.2, 0.25) is 0 Å². The number of nitrogens with one attached hydrogen (secondary N) is 1. The number of carbonyl (C=O) groups excluding carboxylic acids is 1. The molecule has 1 heterocycles. The van der Waals surface area contributed by atoms with Crippen molar-refractivity contribution in [1.29, 1.82) is 0 Å². The second kappa shape index (κ2) is 8.51. The number of rotatable bonds is 5. The Labute approximate surface area is 164 Å². The van der Waals surface area contributed by atoms with Gasteiger partial charge in [-0.15, -0.1) is 0 Å². The summed E-state index contributed by atoms with van der Waals surface area (Å²) in [4.78, 5) is 12.5. The van der Waals surface area contributed by atoms with E-state index in [0.717, 1.165) is 5.56 Å². The second-order valence-electron chi connectivity index (χ2n) is 6.31. The zero-order valence-corrected chi connectivity index (χ0v) is 16.3. The van der Waals surface area contributed by atoms with Gasteiger partial charge in [0.15, 0.2) is 0 Å². The Hall–Kier alpha value is -2.75. The van der Waals surface area contributed by atoms with E-state index in [2.05, 4.69) is 10.5 Å². The molecule has 0 spiro atoms. The van der Waals surface area contributed by atoms with Crippen LogP contribution in [0.4, 0.5) is 5.69 Å². The molecule has 1 amide bonds. The lowest BCUT2D eigenvalue weighted by Crippen LogP contribution is -2.40.